The van der Waals surface area contributed by atoms with Gasteiger partial charge in [0, 0.05) is 0 Å². The van der Waals surface area contributed by atoms with Gasteiger partial charge in [-0.15, -0.1) is 0 Å². The number of unbranched alkanes of at least 4 members (excludes halogenated alkanes) is 10. The second-order valence-electron chi connectivity index (χ2n) is 6.81. The van der Waals surface area contributed by atoms with Crippen LogP contribution in [0.3, 0.4) is 0 Å². The molecule has 0 aliphatic heterocycles. The fraction of sp³-hybridized carbons (Fsp3) is 1.00. The Morgan fingerprint density at radius 2 is 0.773 bits per heavy atom. The first-order valence-corrected chi connectivity index (χ1v) is 9.90. The van der Waals surface area contributed by atoms with Crippen LogP contribution in [0, 0.1) is 0 Å². The molecule has 0 heterocycles. The van der Waals surface area contributed by atoms with Crippen LogP contribution in [0.4, 0.5) is 0 Å². The molecule has 0 aromatic carbocycles. The second kappa shape index (κ2) is 20.9. The highest BCUT2D eigenvalue weighted by Gasteiger charge is 1.95. The van der Waals surface area contributed by atoms with E-state index in [1.54, 1.807) is 0 Å². The van der Waals surface area contributed by atoms with Gasteiger partial charge < -0.3 is 10.2 Å². The minimum absolute atomic E-state index is 0.0961. The fourth-order valence-electron chi connectivity index (χ4n) is 2.44. The molecular formula is C20H44O2. The first-order chi connectivity index (χ1) is 10.5. The van der Waals surface area contributed by atoms with Gasteiger partial charge in [0.2, 0.25) is 0 Å². The van der Waals surface area contributed by atoms with Gasteiger partial charge in [0.25, 0.3) is 0 Å². The van der Waals surface area contributed by atoms with E-state index in [0.717, 1.165) is 12.8 Å². The van der Waals surface area contributed by atoms with E-state index < -0.39 is 0 Å². The topological polar surface area (TPSA) is 40.5 Å². The molecule has 0 bridgehead atoms. The lowest BCUT2D eigenvalue weighted by atomic mass is 10.1. The lowest BCUT2D eigenvalue weighted by Crippen LogP contribution is -1.98. The Hall–Kier alpha value is -0.0800. The minimum atomic E-state index is -0.0961. The maximum atomic E-state index is 8.96. The monoisotopic (exact) mass is 316 g/mol. The van der Waals surface area contributed by atoms with Crippen molar-refractivity contribution in [3.8, 4) is 0 Å². The van der Waals surface area contributed by atoms with Gasteiger partial charge in [-0.2, -0.15) is 0 Å². The van der Waals surface area contributed by atoms with Gasteiger partial charge in [-0.3, -0.25) is 0 Å². The molecule has 0 spiro atoms. The maximum absolute atomic E-state index is 8.96. The number of hydrogen-bond acceptors (Lipinski definition) is 2. The molecule has 0 aliphatic rings. The molecule has 2 nitrogen and oxygen atoms in total. The zero-order valence-electron chi connectivity index (χ0n) is 15.9. The minimum Gasteiger partial charge on any atom is -0.393 e. The second-order valence-corrected chi connectivity index (χ2v) is 6.81. The lowest BCUT2D eigenvalue weighted by Gasteiger charge is -2.02. The molecule has 22 heavy (non-hydrogen) atoms. The normalized spacial score (nSPS) is 13.4. The van der Waals surface area contributed by atoms with E-state index in [0.29, 0.717) is 0 Å². The summed E-state index contributed by atoms with van der Waals surface area (Å²) in [6.45, 7) is 8.20. The highest BCUT2D eigenvalue weighted by Crippen LogP contribution is 2.08. The summed E-state index contributed by atoms with van der Waals surface area (Å²) in [5, 5.41) is 17.9. The molecule has 2 N–H and O–H groups in total. The molecule has 2 heteroatoms. The molecule has 0 rings (SSSR count). The van der Waals surface area contributed by atoms with Crippen molar-refractivity contribution in [2.45, 2.75) is 130 Å². The third kappa shape index (κ3) is 28.1. The van der Waals surface area contributed by atoms with Crippen molar-refractivity contribution in [2.75, 3.05) is 0 Å². The highest BCUT2D eigenvalue weighted by atomic mass is 16.3. The van der Waals surface area contributed by atoms with Crippen LogP contribution in [-0.2, 0) is 0 Å². The summed E-state index contributed by atoms with van der Waals surface area (Å²) < 4.78 is 0. The quantitative estimate of drug-likeness (QED) is 0.373. The van der Waals surface area contributed by atoms with Crippen LogP contribution in [0.2, 0.25) is 0 Å². The van der Waals surface area contributed by atoms with Crippen molar-refractivity contribution in [3.63, 3.8) is 0 Å². The van der Waals surface area contributed by atoms with Crippen LogP contribution >= 0.6 is 0 Å². The zero-order chi connectivity index (χ0) is 17.1. The highest BCUT2D eigenvalue weighted by molar-refractivity contribution is 4.49. The van der Waals surface area contributed by atoms with Gasteiger partial charge in [-0.05, 0) is 26.7 Å². The Bertz CT molecular complexity index is 159. The summed E-state index contributed by atoms with van der Waals surface area (Å²) in [6, 6.07) is 0. The molecule has 0 saturated heterocycles. The van der Waals surface area contributed by atoms with E-state index in [1.165, 1.54) is 77.0 Å². The third-order valence-corrected chi connectivity index (χ3v) is 3.95. The SMILES string of the molecule is CCCCCCCCC(C)O.CCCCCCCCC(C)O. The molecule has 0 aromatic rings. The predicted molar refractivity (Wildman–Crippen MR) is 99.3 cm³/mol. The molecule has 0 aliphatic carbocycles. The van der Waals surface area contributed by atoms with Crippen LogP contribution in [0.1, 0.15) is 118 Å². The first-order valence-electron chi connectivity index (χ1n) is 9.90. The van der Waals surface area contributed by atoms with Crippen LogP contribution in [0.15, 0.2) is 0 Å². The zero-order valence-corrected chi connectivity index (χ0v) is 15.9. The molecule has 0 radical (unpaired) electrons. The smallest absolute Gasteiger partial charge is 0.0512 e. The summed E-state index contributed by atoms with van der Waals surface area (Å²) in [5.74, 6) is 0. The number of aliphatic hydroxyl groups is 2. The lowest BCUT2D eigenvalue weighted by molar-refractivity contribution is 0.180. The average molecular weight is 317 g/mol. The van der Waals surface area contributed by atoms with E-state index >= 15 is 0 Å². The van der Waals surface area contributed by atoms with Gasteiger partial charge in [0.05, 0.1) is 12.2 Å². The van der Waals surface area contributed by atoms with Crippen molar-refractivity contribution >= 4 is 0 Å². The Morgan fingerprint density at radius 3 is 1.05 bits per heavy atom. The van der Waals surface area contributed by atoms with Crippen LogP contribution < -0.4 is 0 Å². The van der Waals surface area contributed by atoms with Gasteiger partial charge in [0.1, 0.15) is 0 Å². The van der Waals surface area contributed by atoms with Gasteiger partial charge in [-0.1, -0.05) is 90.9 Å². The Kier molecular flexibility index (Phi) is 23.0. The summed E-state index contributed by atoms with van der Waals surface area (Å²) in [4.78, 5) is 0. The summed E-state index contributed by atoms with van der Waals surface area (Å²) in [5.41, 5.74) is 0. The largest absolute Gasteiger partial charge is 0.393 e. The van der Waals surface area contributed by atoms with Gasteiger partial charge >= 0.3 is 0 Å². The number of hydrogen-bond donors (Lipinski definition) is 2. The molecule has 0 fully saturated rings. The standard InChI is InChI=1S/2C10H22O/c2*1-3-4-5-6-7-8-9-10(2)11/h2*10-11H,3-9H2,1-2H3. The summed E-state index contributed by atoms with van der Waals surface area (Å²) in [6.07, 6.45) is 17.6. The molecule has 2 atom stereocenters. The van der Waals surface area contributed by atoms with E-state index in [9.17, 15) is 0 Å². The molecule has 0 aromatic heterocycles. The van der Waals surface area contributed by atoms with Crippen LogP contribution in [0.25, 0.3) is 0 Å². The van der Waals surface area contributed by atoms with Crippen molar-refractivity contribution in [1.29, 1.82) is 0 Å². The third-order valence-electron chi connectivity index (χ3n) is 3.95. The summed E-state index contributed by atoms with van der Waals surface area (Å²) >= 11 is 0. The van der Waals surface area contributed by atoms with E-state index in [4.69, 9.17) is 10.2 Å². The van der Waals surface area contributed by atoms with E-state index in [1.807, 2.05) is 13.8 Å². The predicted octanol–water partition coefficient (Wildman–Crippen LogP) is 6.24. The molecular weight excluding hydrogens is 272 g/mol. The number of aliphatic hydroxyl groups excluding tert-OH is 2. The van der Waals surface area contributed by atoms with E-state index in [-0.39, 0.29) is 12.2 Å². The Balaban J connectivity index is 0. The first kappa shape index (κ1) is 24.2. The Morgan fingerprint density at radius 1 is 0.500 bits per heavy atom. The Labute approximate surface area is 140 Å². The van der Waals surface area contributed by atoms with Crippen LogP contribution in [0.5, 0.6) is 0 Å². The molecule has 0 amide bonds. The van der Waals surface area contributed by atoms with Crippen molar-refractivity contribution in [1.82, 2.24) is 0 Å². The summed E-state index contributed by atoms with van der Waals surface area (Å²) in [7, 11) is 0. The van der Waals surface area contributed by atoms with Crippen molar-refractivity contribution in [2.24, 2.45) is 0 Å². The average Bonchev–Trinajstić information content (AvgIpc) is 2.46. The van der Waals surface area contributed by atoms with Gasteiger partial charge in [0.15, 0.2) is 0 Å². The molecule has 0 saturated carbocycles. The molecule has 136 valence electrons. The van der Waals surface area contributed by atoms with Crippen molar-refractivity contribution in [3.05, 3.63) is 0 Å². The maximum Gasteiger partial charge on any atom is 0.0512 e. The van der Waals surface area contributed by atoms with Crippen molar-refractivity contribution < 1.29 is 10.2 Å². The van der Waals surface area contributed by atoms with E-state index in [2.05, 4.69) is 13.8 Å². The number of rotatable bonds is 14. The van der Waals surface area contributed by atoms with Crippen LogP contribution in [-0.4, -0.2) is 22.4 Å². The molecule has 2 unspecified atom stereocenters. The van der Waals surface area contributed by atoms with Gasteiger partial charge in [-0.25, -0.2) is 0 Å². The fourth-order valence-corrected chi connectivity index (χ4v) is 2.44.